The van der Waals surface area contributed by atoms with Crippen LogP contribution in [0.1, 0.15) is 49.0 Å². The molecule has 2 saturated heterocycles. The second-order valence-electron chi connectivity index (χ2n) is 12.9. The zero-order valence-electron chi connectivity index (χ0n) is 29.5. The van der Waals surface area contributed by atoms with E-state index in [1.807, 2.05) is 18.7 Å². The third-order valence-corrected chi connectivity index (χ3v) is 10.1. The van der Waals surface area contributed by atoms with Crippen molar-refractivity contribution < 1.29 is 23.7 Å². The zero-order chi connectivity index (χ0) is 34.2. The van der Waals surface area contributed by atoms with Gasteiger partial charge in [-0.1, -0.05) is 42.5 Å². The van der Waals surface area contributed by atoms with Gasteiger partial charge in [0.05, 0.1) is 38.5 Å². The van der Waals surface area contributed by atoms with Crippen molar-refractivity contribution in [1.29, 1.82) is 0 Å². The number of para-hydroxylation sites is 2. The molecule has 2 fully saturated rings. The summed E-state index contributed by atoms with van der Waals surface area (Å²) in [5.74, 6) is 2.53. The summed E-state index contributed by atoms with van der Waals surface area (Å²) < 4.78 is 25.0. The highest BCUT2D eigenvalue weighted by molar-refractivity contribution is 5.96. The molecular weight excluding hydrogens is 618 g/mol. The smallest absolute Gasteiger partial charge is 0.254 e. The van der Waals surface area contributed by atoms with Crippen LogP contribution in [0, 0.1) is 0 Å². The Hall–Kier alpha value is -4.28. The molecule has 1 unspecified atom stereocenters. The van der Waals surface area contributed by atoms with Crippen molar-refractivity contribution in [2.24, 2.45) is 0 Å². The molecule has 4 aromatic rings. The maximum absolute atomic E-state index is 14.0. The van der Waals surface area contributed by atoms with Gasteiger partial charge in [-0.05, 0) is 76.0 Å². The summed E-state index contributed by atoms with van der Waals surface area (Å²) in [7, 11) is 3.16. The quantitative estimate of drug-likeness (QED) is 0.154. The molecule has 10 heteroatoms. The minimum absolute atomic E-state index is 0.0163. The minimum Gasteiger partial charge on any atom is -0.493 e. The number of rotatable bonds is 14. The molecule has 6 rings (SSSR count). The van der Waals surface area contributed by atoms with Crippen LogP contribution in [0.25, 0.3) is 11.0 Å². The summed E-state index contributed by atoms with van der Waals surface area (Å²) >= 11 is 0. The summed E-state index contributed by atoms with van der Waals surface area (Å²) in [5.41, 5.74) is 3.90. The van der Waals surface area contributed by atoms with Crippen molar-refractivity contribution in [2.45, 2.75) is 45.1 Å². The molecule has 1 atom stereocenters. The highest BCUT2D eigenvalue weighted by Crippen LogP contribution is 2.41. The van der Waals surface area contributed by atoms with Crippen LogP contribution in [-0.4, -0.2) is 105 Å². The number of anilines is 1. The highest BCUT2D eigenvalue weighted by Gasteiger charge is 2.42. The Morgan fingerprint density at radius 2 is 1.65 bits per heavy atom. The molecule has 0 aliphatic carbocycles. The molecule has 0 bridgehead atoms. The average Bonchev–Trinajstić information content (AvgIpc) is 3.66. The summed E-state index contributed by atoms with van der Waals surface area (Å²) in [5, 5.41) is 0. The molecule has 49 heavy (non-hydrogen) atoms. The summed E-state index contributed by atoms with van der Waals surface area (Å²) in [4.78, 5) is 26.2. The molecule has 10 nitrogen and oxygen atoms in total. The van der Waals surface area contributed by atoms with Gasteiger partial charge in [0.2, 0.25) is 11.7 Å². The van der Waals surface area contributed by atoms with E-state index in [9.17, 15) is 4.79 Å². The first-order valence-corrected chi connectivity index (χ1v) is 17.7. The Labute approximate surface area is 290 Å². The molecular formula is C39H51N5O5. The lowest BCUT2D eigenvalue weighted by Gasteiger charge is -2.33. The molecule has 0 radical (unpaired) electrons. The van der Waals surface area contributed by atoms with Crippen LogP contribution in [0.2, 0.25) is 0 Å². The molecule has 0 N–H and O–H groups in total. The first-order chi connectivity index (χ1) is 24.0. The highest BCUT2D eigenvalue weighted by atomic mass is 16.5. The van der Waals surface area contributed by atoms with Gasteiger partial charge >= 0.3 is 0 Å². The molecule has 2 aliphatic rings. The van der Waals surface area contributed by atoms with Crippen molar-refractivity contribution in [3.05, 3.63) is 77.9 Å². The van der Waals surface area contributed by atoms with E-state index in [1.165, 1.54) is 5.56 Å². The number of imidazole rings is 1. The predicted molar refractivity (Wildman–Crippen MR) is 193 cm³/mol. The number of aromatic nitrogens is 2. The topological polar surface area (TPSA) is 81.5 Å². The number of hydrogen-bond acceptors (Lipinski definition) is 8. The zero-order valence-corrected chi connectivity index (χ0v) is 29.5. The Morgan fingerprint density at radius 1 is 0.857 bits per heavy atom. The molecule has 262 valence electrons. The van der Waals surface area contributed by atoms with E-state index < -0.39 is 0 Å². The van der Waals surface area contributed by atoms with E-state index in [0.29, 0.717) is 55.7 Å². The third-order valence-electron chi connectivity index (χ3n) is 10.1. The molecule has 1 amide bonds. The van der Waals surface area contributed by atoms with Gasteiger partial charge < -0.3 is 38.2 Å². The number of fused-ring (bicyclic) bond motifs is 1. The predicted octanol–water partition coefficient (Wildman–Crippen LogP) is 5.88. The van der Waals surface area contributed by atoms with Gasteiger partial charge in [-0.15, -0.1) is 0 Å². The molecule has 0 saturated carbocycles. The fourth-order valence-corrected chi connectivity index (χ4v) is 7.51. The Kier molecular flexibility index (Phi) is 11.3. The number of hydrogen-bond donors (Lipinski definition) is 0. The van der Waals surface area contributed by atoms with Crippen molar-refractivity contribution in [1.82, 2.24) is 19.4 Å². The van der Waals surface area contributed by atoms with Crippen LogP contribution in [0.5, 0.6) is 17.2 Å². The van der Waals surface area contributed by atoms with Crippen molar-refractivity contribution in [2.75, 3.05) is 84.8 Å². The van der Waals surface area contributed by atoms with Gasteiger partial charge in [0.25, 0.3) is 5.91 Å². The summed E-state index contributed by atoms with van der Waals surface area (Å²) in [6.45, 7) is 12.8. The van der Waals surface area contributed by atoms with Crippen LogP contribution in [0.3, 0.4) is 0 Å². The lowest BCUT2D eigenvalue weighted by molar-refractivity contribution is 0.0780. The van der Waals surface area contributed by atoms with Crippen LogP contribution >= 0.6 is 0 Å². The largest absolute Gasteiger partial charge is 0.493 e. The van der Waals surface area contributed by atoms with Gasteiger partial charge in [-0.2, -0.15) is 0 Å². The van der Waals surface area contributed by atoms with E-state index in [4.69, 9.17) is 23.9 Å². The van der Waals surface area contributed by atoms with Crippen LogP contribution in [0.15, 0.2) is 66.7 Å². The molecule has 2 aliphatic heterocycles. The third kappa shape index (κ3) is 7.50. The Balaban J connectivity index is 1.16. The van der Waals surface area contributed by atoms with Gasteiger partial charge in [0.15, 0.2) is 11.5 Å². The van der Waals surface area contributed by atoms with Crippen LogP contribution in [0.4, 0.5) is 5.95 Å². The number of ether oxygens (including phenoxy) is 4. The fourth-order valence-electron chi connectivity index (χ4n) is 7.51. The number of benzene rings is 3. The number of nitrogens with zero attached hydrogens (tertiary/aromatic N) is 5. The number of carbonyl (C=O) groups is 1. The first-order valence-electron chi connectivity index (χ1n) is 17.7. The molecule has 3 heterocycles. The van der Waals surface area contributed by atoms with Gasteiger partial charge in [-0.3, -0.25) is 4.79 Å². The van der Waals surface area contributed by atoms with Gasteiger partial charge in [-0.25, -0.2) is 4.98 Å². The van der Waals surface area contributed by atoms with Crippen molar-refractivity contribution in [3.8, 4) is 17.2 Å². The fraction of sp³-hybridized carbons (Fsp3) is 0.487. The van der Waals surface area contributed by atoms with E-state index in [2.05, 4.69) is 69.0 Å². The SMILES string of the molecule is CCOCCn1c(N2CCCN(CCC3(c4ccccc4)CCN(C(=O)c4cc(OC)c(OC)c(OCC)c4)C3)CC2)nc2ccccc21. The van der Waals surface area contributed by atoms with E-state index >= 15 is 0 Å². The molecule has 3 aromatic carbocycles. The first kappa shape index (κ1) is 34.6. The second kappa shape index (κ2) is 16.0. The van der Waals surface area contributed by atoms with Gasteiger partial charge in [0.1, 0.15) is 0 Å². The van der Waals surface area contributed by atoms with E-state index in [1.54, 1.807) is 26.4 Å². The lowest BCUT2D eigenvalue weighted by Crippen LogP contribution is -2.39. The van der Waals surface area contributed by atoms with Crippen LogP contribution < -0.4 is 19.1 Å². The van der Waals surface area contributed by atoms with Gasteiger partial charge in [0, 0.05) is 56.9 Å². The molecule has 1 aromatic heterocycles. The maximum atomic E-state index is 14.0. The summed E-state index contributed by atoms with van der Waals surface area (Å²) in [6.07, 6.45) is 2.96. The Bertz CT molecular complexity index is 1690. The second-order valence-corrected chi connectivity index (χ2v) is 12.9. The average molecular weight is 670 g/mol. The minimum atomic E-state index is -0.129. The monoisotopic (exact) mass is 669 g/mol. The maximum Gasteiger partial charge on any atom is 0.254 e. The number of likely N-dealkylation sites (tertiary alicyclic amines) is 1. The van der Waals surface area contributed by atoms with Crippen molar-refractivity contribution >= 4 is 22.9 Å². The number of methoxy groups -OCH3 is 2. The van der Waals surface area contributed by atoms with E-state index in [0.717, 1.165) is 75.5 Å². The number of carbonyl (C=O) groups excluding carboxylic acids is 1. The number of amides is 1. The van der Waals surface area contributed by atoms with E-state index in [-0.39, 0.29) is 11.3 Å². The Morgan fingerprint density at radius 3 is 2.43 bits per heavy atom. The standard InChI is InChI=1S/C39H51N5O5/c1-5-48-26-25-44-33-16-11-10-15-32(33)40-38(44)42-20-12-19-41(23-24-42)21-17-39(31-13-8-7-9-14-31)18-22-43(29-39)37(45)30-27-34(46-3)36(47-4)35(28-30)49-6-2/h7-11,13-16,27-28H,5-6,12,17-26,29H2,1-4H3. The van der Waals surface area contributed by atoms with Crippen molar-refractivity contribution in [3.63, 3.8) is 0 Å². The molecule has 0 spiro atoms. The normalized spacial score (nSPS) is 18.5. The van der Waals surface area contributed by atoms with Crippen LogP contribution in [-0.2, 0) is 16.7 Å². The lowest BCUT2D eigenvalue weighted by atomic mass is 9.76. The summed E-state index contributed by atoms with van der Waals surface area (Å²) in [6, 6.07) is 22.7.